The summed E-state index contributed by atoms with van der Waals surface area (Å²) < 4.78 is 0. The molecule has 21 heavy (non-hydrogen) atoms. The van der Waals surface area contributed by atoms with Crippen molar-refractivity contribution in [3.05, 3.63) is 29.8 Å². The Hall–Kier alpha value is -2.04. The highest BCUT2D eigenvalue weighted by molar-refractivity contribution is 5.93. The molecule has 0 heterocycles. The average molecular weight is 292 g/mol. The van der Waals surface area contributed by atoms with Crippen molar-refractivity contribution in [2.75, 3.05) is 5.32 Å². The molecule has 116 valence electrons. The fraction of sp³-hybridized carbons (Fsp3) is 0.500. The van der Waals surface area contributed by atoms with Crippen LogP contribution >= 0.6 is 0 Å². The fourth-order valence-corrected chi connectivity index (χ4v) is 2.06. The van der Waals surface area contributed by atoms with Gasteiger partial charge in [0, 0.05) is 5.69 Å². The van der Waals surface area contributed by atoms with Crippen LogP contribution < -0.4 is 10.6 Å². The lowest BCUT2D eigenvalue weighted by atomic mass is 9.86. The van der Waals surface area contributed by atoms with E-state index in [0.717, 1.165) is 5.56 Å². The van der Waals surface area contributed by atoms with Gasteiger partial charge in [0.25, 0.3) is 0 Å². The monoisotopic (exact) mass is 292 g/mol. The maximum Gasteiger partial charge on any atom is 0.326 e. The van der Waals surface area contributed by atoms with Gasteiger partial charge in [0.2, 0.25) is 0 Å². The Morgan fingerprint density at radius 2 is 1.71 bits per heavy atom. The lowest BCUT2D eigenvalue weighted by molar-refractivity contribution is -0.140. The molecule has 0 aliphatic rings. The van der Waals surface area contributed by atoms with E-state index in [9.17, 15) is 9.59 Å². The molecule has 0 aliphatic heterocycles. The number of hydrogen-bond acceptors (Lipinski definition) is 2. The summed E-state index contributed by atoms with van der Waals surface area (Å²) in [4.78, 5) is 23.1. The van der Waals surface area contributed by atoms with Gasteiger partial charge in [0.05, 0.1) is 0 Å². The normalized spacial score (nSPS) is 12.9. The molecule has 5 nitrogen and oxygen atoms in total. The summed E-state index contributed by atoms with van der Waals surface area (Å²) in [6.45, 7) is 9.67. The molecular weight excluding hydrogens is 268 g/mol. The van der Waals surface area contributed by atoms with E-state index < -0.39 is 18.0 Å². The number of hydrogen-bond donors (Lipinski definition) is 3. The molecule has 0 unspecified atom stereocenters. The molecule has 1 aromatic rings. The third-order valence-corrected chi connectivity index (χ3v) is 3.20. The lowest BCUT2D eigenvalue weighted by Crippen LogP contribution is -2.46. The van der Waals surface area contributed by atoms with Crippen molar-refractivity contribution in [1.82, 2.24) is 5.32 Å². The second-order valence-electron chi connectivity index (χ2n) is 6.45. The van der Waals surface area contributed by atoms with Crippen molar-refractivity contribution in [1.29, 1.82) is 0 Å². The van der Waals surface area contributed by atoms with E-state index in [-0.39, 0.29) is 11.3 Å². The number of carboxylic acid groups (broad SMARTS) is 1. The number of carbonyl (C=O) groups excluding carboxylic acids is 1. The second kappa shape index (κ2) is 6.61. The van der Waals surface area contributed by atoms with Crippen molar-refractivity contribution in [2.45, 2.75) is 46.1 Å². The zero-order valence-electron chi connectivity index (χ0n) is 13.2. The summed E-state index contributed by atoms with van der Waals surface area (Å²) in [5.74, 6) is -1.23. The van der Waals surface area contributed by atoms with Gasteiger partial charge in [-0.1, -0.05) is 52.8 Å². The summed E-state index contributed by atoms with van der Waals surface area (Å²) in [6.07, 6.45) is 0. The van der Waals surface area contributed by atoms with Crippen LogP contribution in [0.2, 0.25) is 0 Å². The molecule has 0 aliphatic carbocycles. The number of amides is 2. The Kier molecular flexibility index (Phi) is 5.35. The third-order valence-electron chi connectivity index (χ3n) is 3.20. The van der Waals surface area contributed by atoms with Crippen LogP contribution in [0.15, 0.2) is 24.3 Å². The van der Waals surface area contributed by atoms with Crippen LogP contribution in [-0.4, -0.2) is 23.1 Å². The minimum Gasteiger partial charge on any atom is -0.480 e. The number of benzene rings is 1. The average Bonchev–Trinajstić information content (AvgIpc) is 2.34. The van der Waals surface area contributed by atoms with Crippen LogP contribution in [0.4, 0.5) is 10.5 Å². The number of aliphatic carboxylic acids is 1. The molecule has 0 radical (unpaired) electrons. The predicted molar refractivity (Wildman–Crippen MR) is 83.6 cm³/mol. The Morgan fingerprint density at radius 3 is 2.19 bits per heavy atom. The molecule has 5 heteroatoms. The fourth-order valence-electron chi connectivity index (χ4n) is 2.06. The molecule has 1 atom stereocenters. The van der Waals surface area contributed by atoms with Gasteiger partial charge < -0.3 is 15.7 Å². The third kappa shape index (κ3) is 4.77. The first kappa shape index (κ1) is 17.0. The number of para-hydroxylation sites is 1. The molecule has 2 amide bonds. The summed E-state index contributed by atoms with van der Waals surface area (Å²) in [6, 6.07) is 6.09. The number of nitrogens with one attached hydrogen (secondary N) is 2. The van der Waals surface area contributed by atoms with Gasteiger partial charge in [-0.05, 0) is 23.0 Å². The van der Waals surface area contributed by atoms with Crippen LogP contribution in [0.1, 0.15) is 40.2 Å². The lowest BCUT2D eigenvalue weighted by Gasteiger charge is -2.24. The Bertz CT molecular complexity index is 518. The van der Waals surface area contributed by atoms with E-state index in [4.69, 9.17) is 5.11 Å². The zero-order valence-corrected chi connectivity index (χ0v) is 13.2. The van der Waals surface area contributed by atoms with Crippen molar-refractivity contribution in [3.8, 4) is 0 Å². The van der Waals surface area contributed by atoms with Gasteiger partial charge in [-0.25, -0.2) is 9.59 Å². The maximum absolute atomic E-state index is 12.0. The highest BCUT2D eigenvalue weighted by Gasteiger charge is 2.24. The molecule has 0 saturated heterocycles. The molecule has 3 N–H and O–H groups in total. The van der Waals surface area contributed by atoms with Gasteiger partial charge in [-0.3, -0.25) is 0 Å². The topological polar surface area (TPSA) is 78.4 Å². The largest absolute Gasteiger partial charge is 0.480 e. The Labute approximate surface area is 125 Å². The number of urea groups is 1. The Balaban J connectivity index is 2.87. The molecular formula is C16H24N2O3. The van der Waals surface area contributed by atoms with Crippen molar-refractivity contribution < 1.29 is 14.7 Å². The van der Waals surface area contributed by atoms with E-state index in [1.807, 2.05) is 24.3 Å². The van der Waals surface area contributed by atoms with Crippen LogP contribution in [0.5, 0.6) is 0 Å². The number of rotatable bonds is 4. The summed E-state index contributed by atoms with van der Waals surface area (Å²) in [5.41, 5.74) is 1.57. The van der Waals surface area contributed by atoms with E-state index in [1.54, 1.807) is 13.8 Å². The van der Waals surface area contributed by atoms with E-state index in [0.29, 0.717) is 5.69 Å². The SMILES string of the molecule is CC(C)[C@@H](NC(=O)Nc1ccccc1C(C)(C)C)C(=O)O. The maximum atomic E-state index is 12.0. The van der Waals surface area contributed by atoms with Crippen molar-refractivity contribution in [3.63, 3.8) is 0 Å². The second-order valence-corrected chi connectivity index (χ2v) is 6.45. The minimum atomic E-state index is -1.04. The van der Waals surface area contributed by atoms with Crippen LogP contribution in [-0.2, 0) is 10.2 Å². The smallest absolute Gasteiger partial charge is 0.326 e. The molecule has 0 saturated carbocycles. The summed E-state index contributed by atoms with van der Waals surface area (Å²) in [7, 11) is 0. The number of anilines is 1. The van der Waals surface area contributed by atoms with Crippen LogP contribution in [0, 0.1) is 5.92 Å². The minimum absolute atomic E-state index is 0.117. The Morgan fingerprint density at radius 1 is 1.14 bits per heavy atom. The predicted octanol–water partition coefficient (Wildman–Crippen LogP) is 3.21. The highest BCUT2D eigenvalue weighted by Crippen LogP contribution is 2.29. The number of carbonyl (C=O) groups is 2. The quantitative estimate of drug-likeness (QED) is 0.797. The zero-order chi connectivity index (χ0) is 16.2. The first-order valence-corrected chi connectivity index (χ1v) is 7.02. The molecule has 0 bridgehead atoms. The standard InChI is InChI=1S/C16H24N2O3/c1-10(2)13(14(19)20)18-15(21)17-12-9-7-6-8-11(12)16(3,4)5/h6-10,13H,1-5H3,(H,19,20)(H2,17,18,21)/t13-/m1/s1. The summed E-state index contributed by atoms with van der Waals surface area (Å²) in [5, 5.41) is 14.3. The first-order valence-electron chi connectivity index (χ1n) is 7.02. The highest BCUT2D eigenvalue weighted by atomic mass is 16.4. The van der Waals surface area contributed by atoms with E-state index in [1.165, 1.54) is 0 Å². The van der Waals surface area contributed by atoms with Gasteiger partial charge in [0.15, 0.2) is 0 Å². The van der Waals surface area contributed by atoms with Gasteiger partial charge >= 0.3 is 12.0 Å². The van der Waals surface area contributed by atoms with Crippen molar-refractivity contribution >= 4 is 17.7 Å². The van der Waals surface area contributed by atoms with Crippen LogP contribution in [0.3, 0.4) is 0 Å². The van der Waals surface area contributed by atoms with Gasteiger partial charge in [-0.15, -0.1) is 0 Å². The first-order chi connectivity index (χ1) is 9.62. The van der Waals surface area contributed by atoms with Crippen molar-refractivity contribution in [2.24, 2.45) is 5.92 Å². The molecule has 1 rings (SSSR count). The molecule has 1 aromatic carbocycles. The number of carboxylic acids is 1. The van der Waals surface area contributed by atoms with E-state index >= 15 is 0 Å². The molecule has 0 fully saturated rings. The van der Waals surface area contributed by atoms with Gasteiger partial charge in [-0.2, -0.15) is 0 Å². The van der Waals surface area contributed by atoms with Gasteiger partial charge in [0.1, 0.15) is 6.04 Å². The van der Waals surface area contributed by atoms with E-state index in [2.05, 4.69) is 31.4 Å². The molecule has 0 spiro atoms. The van der Waals surface area contributed by atoms with Crippen LogP contribution in [0.25, 0.3) is 0 Å². The summed E-state index contributed by atoms with van der Waals surface area (Å²) >= 11 is 0. The molecule has 0 aromatic heterocycles.